The fourth-order valence-electron chi connectivity index (χ4n) is 5.17. The van der Waals surface area contributed by atoms with Crippen LogP contribution in [0.5, 0.6) is 0 Å². The molecule has 3 heterocycles. The molecule has 3 aromatic rings. The fraction of sp³-hybridized carbons (Fsp3) is 0.500. The molecule has 244 valence electrons. The molecule has 1 fully saturated rings. The van der Waals surface area contributed by atoms with Crippen molar-refractivity contribution in [1.82, 2.24) is 19.8 Å². The molecule has 1 N–H and O–H groups in total. The molecule has 0 spiro atoms. The number of esters is 1. The molecule has 1 aliphatic rings. The minimum Gasteiger partial charge on any atom is -0.464 e. The first kappa shape index (κ1) is 34.4. The van der Waals surface area contributed by atoms with Gasteiger partial charge in [-0.25, -0.2) is 9.78 Å². The summed E-state index contributed by atoms with van der Waals surface area (Å²) in [7, 11) is 3.25. The van der Waals surface area contributed by atoms with Gasteiger partial charge in [0.25, 0.3) is 0 Å². The number of nitrogens with zero attached hydrogens (tertiary/aromatic N) is 4. The monoisotopic (exact) mass is 621 g/mol. The molecule has 1 aromatic carbocycles. The highest BCUT2D eigenvalue weighted by molar-refractivity contribution is 5.87. The molecule has 1 aliphatic heterocycles. The van der Waals surface area contributed by atoms with Crippen LogP contribution in [0.15, 0.2) is 60.7 Å². The number of rotatable bonds is 7. The van der Waals surface area contributed by atoms with Gasteiger partial charge in [0.15, 0.2) is 0 Å². The van der Waals surface area contributed by atoms with Crippen LogP contribution in [-0.2, 0) is 30.2 Å². The number of nitrogens with one attached hydrogen (secondary N) is 1. The van der Waals surface area contributed by atoms with Gasteiger partial charge >= 0.3 is 5.97 Å². The van der Waals surface area contributed by atoms with Crippen LogP contribution < -0.4 is 5.32 Å². The quantitative estimate of drug-likeness (QED) is 0.391. The third-order valence-corrected chi connectivity index (χ3v) is 7.55. The van der Waals surface area contributed by atoms with Gasteiger partial charge in [-0.15, -0.1) is 0 Å². The number of hydrogen-bond acceptors (Lipinski definition) is 11. The highest BCUT2D eigenvalue weighted by atomic mass is 16.5. The van der Waals surface area contributed by atoms with E-state index in [1.165, 1.54) is 7.11 Å². The number of hydrogen-bond donors (Lipinski definition) is 1. The van der Waals surface area contributed by atoms with Crippen LogP contribution in [0.4, 0.5) is 5.69 Å². The van der Waals surface area contributed by atoms with E-state index in [4.69, 9.17) is 28.7 Å². The SMILES string of the molecule is CNc1ccc(C(c2cccc(C(=O)OC)n2)N2CCOCCOCCN(Cc3cccc(C)n3)CCOCCOCC2)cc1. The van der Waals surface area contributed by atoms with Gasteiger partial charge in [0, 0.05) is 51.2 Å². The number of carbonyl (C=O) groups excluding carboxylic acids is 1. The molecule has 1 saturated heterocycles. The number of aryl methyl sites for hydroxylation is 1. The van der Waals surface area contributed by atoms with E-state index < -0.39 is 5.97 Å². The highest BCUT2D eigenvalue weighted by Crippen LogP contribution is 2.29. The van der Waals surface area contributed by atoms with Crippen LogP contribution >= 0.6 is 0 Å². The van der Waals surface area contributed by atoms with E-state index in [9.17, 15) is 4.79 Å². The number of anilines is 1. The van der Waals surface area contributed by atoms with Crippen molar-refractivity contribution >= 4 is 11.7 Å². The molecule has 1 unspecified atom stereocenters. The van der Waals surface area contributed by atoms with Gasteiger partial charge in [0.2, 0.25) is 0 Å². The van der Waals surface area contributed by atoms with Crippen LogP contribution in [0.3, 0.4) is 0 Å². The zero-order valence-electron chi connectivity index (χ0n) is 26.8. The van der Waals surface area contributed by atoms with Crippen LogP contribution in [0.25, 0.3) is 0 Å². The van der Waals surface area contributed by atoms with Gasteiger partial charge < -0.3 is 29.0 Å². The Morgan fingerprint density at radius 3 is 1.98 bits per heavy atom. The minimum absolute atomic E-state index is 0.236. The summed E-state index contributed by atoms with van der Waals surface area (Å²) >= 11 is 0. The predicted molar refractivity (Wildman–Crippen MR) is 173 cm³/mol. The van der Waals surface area contributed by atoms with Crippen LogP contribution in [0.1, 0.15) is 39.2 Å². The lowest BCUT2D eigenvalue weighted by molar-refractivity contribution is 0.00331. The largest absolute Gasteiger partial charge is 0.464 e. The highest BCUT2D eigenvalue weighted by Gasteiger charge is 2.25. The van der Waals surface area contributed by atoms with Crippen molar-refractivity contribution in [2.75, 3.05) is 98.5 Å². The number of benzene rings is 1. The topological polar surface area (TPSA) is 108 Å². The smallest absolute Gasteiger partial charge is 0.356 e. The Morgan fingerprint density at radius 1 is 0.800 bits per heavy atom. The normalized spacial score (nSPS) is 17.9. The Morgan fingerprint density at radius 2 is 1.40 bits per heavy atom. The third kappa shape index (κ3) is 11.4. The molecule has 2 aromatic heterocycles. The lowest BCUT2D eigenvalue weighted by Gasteiger charge is -2.32. The van der Waals surface area contributed by atoms with Crippen molar-refractivity contribution in [3.63, 3.8) is 0 Å². The summed E-state index contributed by atoms with van der Waals surface area (Å²) in [6, 6.07) is 19.5. The Hall–Kier alpha value is -3.45. The van der Waals surface area contributed by atoms with Gasteiger partial charge in [-0.1, -0.05) is 24.3 Å². The molecular formula is C34H47N5O6. The number of methoxy groups -OCH3 is 1. The fourth-order valence-corrected chi connectivity index (χ4v) is 5.17. The van der Waals surface area contributed by atoms with Gasteiger partial charge in [-0.2, -0.15) is 0 Å². The second kappa shape index (κ2) is 19.2. The molecule has 45 heavy (non-hydrogen) atoms. The summed E-state index contributed by atoms with van der Waals surface area (Å²) in [6.07, 6.45) is 0. The molecule has 0 bridgehead atoms. The maximum Gasteiger partial charge on any atom is 0.356 e. The van der Waals surface area contributed by atoms with E-state index in [0.29, 0.717) is 65.9 Å². The van der Waals surface area contributed by atoms with Gasteiger partial charge in [-0.05, 0) is 48.9 Å². The van der Waals surface area contributed by atoms with Crippen LogP contribution in [0.2, 0.25) is 0 Å². The summed E-state index contributed by atoms with van der Waals surface area (Å²) in [5.74, 6) is -0.470. The average Bonchev–Trinajstić information content (AvgIpc) is 3.06. The van der Waals surface area contributed by atoms with Crippen molar-refractivity contribution in [2.24, 2.45) is 0 Å². The van der Waals surface area contributed by atoms with Crippen LogP contribution in [-0.4, -0.2) is 119 Å². The molecule has 0 radical (unpaired) electrons. The maximum absolute atomic E-state index is 12.3. The van der Waals surface area contributed by atoms with E-state index in [0.717, 1.165) is 48.0 Å². The second-order valence-corrected chi connectivity index (χ2v) is 10.7. The number of aromatic nitrogens is 2. The molecule has 4 rings (SSSR count). The predicted octanol–water partition coefficient (Wildman–Crippen LogP) is 3.59. The average molecular weight is 622 g/mol. The summed E-state index contributed by atoms with van der Waals surface area (Å²) in [4.78, 5) is 26.3. The lowest BCUT2D eigenvalue weighted by atomic mass is 10.00. The van der Waals surface area contributed by atoms with E-state index in [2.05, 4.69) is 38.3 Å². The zero-order chi connectivity index (χ0) is 31.7. The number of carbonyl (C=O) groups is 1. The first-order valence-corrected chi connectivity index (χ1v) is 15.6. The molecule has 11 heteroatoms. The van der Waals surface area contributed by atoms with Crippen molar-refractivity contribution in [3.8, 4) is 0 Å². The molecule has 0 amide bonds. The molecule has 0 saturated carbocycles. The molecular weight excluding hydrogens is 574 g/mol. The molecule has 11 nitrogen and oxygen atoms in total. The molecule has 1 atom stereocenters. The Balaban J connectivity index is 1.43. The first-order chi connectivity index (χ1) is 22.1. The second-order valence-electron chi connectivity index (χ2n) is 10.7. The van der Waals surface area contributed by atoms with Crippen molar-refractivity contribution in [2.45, 2.75) is 19.5 Å². The Labute approximate surface area is 266 Å². The van der Waals surface area contributed by atoms with Gasteiger partial charge in [0.05, 0.1) is 77.4 Å². The lowest BCUT2D eigenvalue weighted by Crippen LogP contribution is -2.36. The van der Waals surface area contributed by atoms with Crippen molar-refractivity contribution in [3.05, 3.63) is 89.0 Å². The summed E-state index contributed by atoms with van der Waals surface area (Å²) in [5.41, 5.74) is 5.12. The minimum atomic E-state index is -0.470. The third-order valence-electron chi connectivity index (χ3n) is 7.55. The Kier molecular flexibility index (Phi) is 14.7. The van der Waals surface area contributed by atoms with Gasteiger partial charge in [-0.3, -0.25) is 14.8 Å². The van der Waals surface area contributed by atoms with E-state index in [-0.39, 0.29) is 11.7 Å². The number of pyridine rings is 2. The van der Waals surface area contributed by atoms with Crippen molar-refractivity contribution in [1.29, 1.82) is 0 Å². The standard InChI is InChI=1S/C34H47N5O6/c1-27-6-4-7-30(36-27)26-38-14-18-42-22-24-44-20-16-39(17-21-45-25-23-43-19-15-38)33(28-10-12-29(35-2)13-11-28)31-8-5-9-32(37-31)34(40)41-3/h4-13,33,35H,14-26H2,1-3H3. The summed E-state index contributed by atoms with van der Waals surface area (Å²) in [5, 5.41) is 3.17. The maximum atomic E-state index is 12.3. The van der Waals surface area contributed by atoms with Crippen LogP contribution in [0, 0.1) is 6.92 Å². The first-order valence-electron chi connectivity index (χ1n) is 15.6. The molecule has 0 aliphatic carbocycles. The van der Waals surface area contributed by atoms with Crippen molar-refractivity contribution < 1.29 is 28.5 Å². The number of ether oxygens (including phenoxy) is 5. The summed E-state index contributed by atoms with van der Waals surface area (Å²) < 4.78 is 28.9. The van der Waals surface area contributed by atoms with Gasteiger partial charge in [0.1, 0.15) is 5.69 Å². The zero-order valence-corrected chi connectivity index (χ0v) is 26.8. The van der Waals surface area contributed by atoms with E-state index >= 15 is 0 Å². The summed E-state index contributed by atoms with van der Waals surface area (Å²) in [6.45, 7) is 9.73. The van der Waals surface area contributed by atoms with E-state index in [1.54, 1.807) is 6.07 Å². The Bertz CT molecular complexity index is 1270. The van der Waals surface area contributed by atoms with E-state index in [1.807, 2.05) is 50.4 Å².